The number of aromatic nitrogens is 2. The molecule has 6 heteroatoms. The molecule has 0 unspecified atom stereocenters. The molecule has 1 aromatic carbocycles. The average Bonchev–Trinajstić information content (AvgIpc) is 2.35. The van der Waals surface area contributed by atoms with Crippen molar-refractivity contribution in [1.29, 1.82) is 0 Å². The Morgan fingerprint density at radius 2 is 2.00 bits per heavy atom. The van der Waals surface area contributed by atoms with Crippen LogP contribution in [0.25, 0.3) is 10.9 Å². The van der Waals surface area contributed by atoms with E-state index in [4.69, 9.17) is 5.84 Å². The second kappa shape index (κ2) is 4.99. The van der Waals surface area contributed by atoms with Crippen LogP contribution in [-0.4, -0.2) is 34.3 Å². The maximum absolute atomic E-state index is 9.92. The van der Waals surface area contributed by atoms with Crippen LogP contribution in [0.5, 0.6) is 0 Å². The summed E-state index contributed by atoms with van der Waals surface area (Å²) in [5, 5.41) is 10.8. The summed E-state index contributed by atoms with van der Waals surface area (Å²) < 4.78 is 0. The van der Waals surface area contributed by atoms with Gasteiger partial charge in [0.15, 0.2) is 0 Å². The normalized spacial score (nSPS) is 11.6. The third-order valence-corrected chi connectivity index (χ3v) is 2.70. The van der Waals surface area contributed by atoms with Gasteiger partial charge in [-0.15, -0.1) is 0 Å². The molecule has 0 saturated carbocycles. The molecule has 2 rings (SSSR count). The van der Waals surface area contributed by atoms with Gasteiger partial charge < -0.3 is 10.0 Å². The number of hydrogen-bond donors (Lipinski definition) is 3. The third-order valence-electron chi connectivity index (χ3n) is 2.70. The Morgan fingerprint density at radius 3 is 2.63 bits per heavy atom. The molecule has 4 N–H and O–H groups in total. The number of fused-ring (bicyclic) bond motifs is 1. The molecule has 0 spiro atoms. The predicted octanol–water partition coefficient (Wildman–Crippen LogP) is 1.12. The first-order chi connectivity index (χ1) is 8.90. The van der Waals surface area contributed by atoms with Gasteiger partial charge in [0.05, 0.1) is 11.1 Å². The van der Waals surface area contributed by atoms with Crippen LogP contribution in [0.15, 0.2) is 24.3 Å². The van der Waals surface area contributed by atoms with Gasteiger partial charge in [-0.1, -0.05) is 12.1 Å². The standard InChI is InChI=1S/C13H19N5O/c1-13(2,19)8-18(3)11-9-6-4-5-7-10(9)15-12(16-11)17-14/h4-7,19H,8,14H2,1-3H3,(H,15,16,17). The number of nitrogens with zero attached hydrogens (tertiary/aromatic N) is 3. The Hall–Kier alpha value is -1.92. The van der Waals surface area contributed by atoms with Gasteiger partial charge in [0.1, 0.15) is 5.82 Å². The lowest BCUT2D eigenvalue weighted by Gasteiger charge is -2.27. The highest BCUT2D eigenvalue weighted by molar-refractivity contribution is 5.90. The van der Waals surface area contributed by atoms with E-state index in [2.05, 4.69) is 15.4 Å². The van der Waals surface area contributed by atoms with Crippen molar-refractivity contribution in [2.24, 2.45) is 5.84 Å². The molecule has 2 aromatic rings. The van der Waals surface area contributed by atoms with Crippen LogP contribution in [0.4, 0.5) is 11.8 Å². The van der Waals surface area contributed by atoms with Crippen LogP contribution in [0.2, 0.25) is 0 Å². The highest BCUT2D eigenvalue weighted by atomic mass is 16.3. The smallest absolute Gasteiger partial charge is 0.239 e. The van der Waals surface area contributed by atoms with Crippen LogP contribution in [0.3, 0.4) is 0 Å². The van der Waals surface area contributed by atoms with Crippen molar-refractivity contribution in [3.05, 3.63) is 24.3 Å². The Labute approximate surface area is 112 Å². The monoisotopic (exact) mass is 261 g/mol. The SMILES string of the molecule is CN(CC(C)(C)O)c1nc(NN)nc2ccccc12. The Bertz CT molecular complexity index is 579. The van der Waals surface area contributed by atoms with Crippen LogP contribution in [0.1, 0.15) is 13.8 Å². The average molecular weight is 261 g/mol. The van der Waals surface area contributed by atoms with E-state index >= 15 is 0 Å². The molecule has 0 aliphatic rings. The third kappa shape index (κ3) is 3.10. The topological polar surface area (TPSA) is 87.3 Å². The molecular formula is C13H19N5O. The molecule has 0 atom stereocenters. The number of hydrogen-bond acceptors (Lipinski definition) is 6. The molecule has 0 aliphatic carbocycles. The lowest BCUT2D eigenvalue weighted by atomic mass is 10.1. The zero-order chi connectivity index (χ0) is 14.0. The van der Waals surface area contributed by atoms with E-state index in [1.807, 2.05) is 36.2 Å². The zero-order valence-corrected chi connectivity index (χ0v) is 11.4. The minimum Gasteiger partial charge on any atom is -0.389 e. The number of para-hydroxylation sites is 1. The number of benzene rings is 1. The van der Waals surface area contributed by atoms with E-state index in [0.717, 1.165) is 16.7 Å². The van der Waals surface area contributed by atoms with Crippen molar-refractivity contribution < 1.29 is 5.11 Å². The van der Waals surface area contributed by atoms with Crippen LogP contribution in [0, 0.1) is 0 Å². The van der Waals surface area contributed by atoms with Gasteiger partial charge in [-0.2, -0.15) is 4.98 Å². The fraction of sp³-hybridized carbons (Fsp3) is 0.385. The second-order valence-electron chi connectivity index (χ2n) is 5.20. The summed E-state index contributed by atoms with van der Waals surface area (Å²) in [5.41, 5.74) is 2.47. The van der Waals surface area contributed by atoms with Gasteiger partial charge in [-0.25, -0.2) is 10.8 Å². The van der Waals surface area contributed by atoms with Crippen LogP contribution >= 0.6 is 0 Å². The van der Waals surface area contributed by atoms with Crippen molar-refractivity contribution in [2.75, 3.05) is 23.9 Å². The Kier molecular flexibility index (Phi) is 3.55. The summed E-state index contributed by atoms with van der Waals surface area (Å²) in [6.45, 7) is 3.97. The molecule has 1 aromatic heterocycles. The lowest BCUT2D eigenvalue weighted by molar-refractivity contribution is 0.0885. The molecule has 0 radical (unpaired) electrons. The highest BCUT2D eigenvalue weighted by Crippen LogP contribution is 2.25. The summed E-state index contributed by atoms with van der Waals surface area (Å²) in [4.78, 5) is 10.6. The predicted molar refractivity (Wildman–Crippen MR) is 76.9 cm³/mol. The minimum atomic E-state index is -0.808. The molecule has 0 amide bonds. The largest absolute Gasteiger partial charge is 0.389 e. The van der Waals surface area contributed by atoms with Crippen molar-refractivity contribution >= 4 is 22.7 Å². The number of nitrogen functional groups attached to an aromatic ring is 1. The number of anilines is 2. The maximum atomic E-state index is 9.92. The molecule has 0 bridgehead atoms. The van der Waals surface area contributed by atoms with E-state index in [0.29, 0.717) is 12.5 Å². The van der Waals surface area contributed by atoms with Gasteiger partial charge in [-0.05, 0) is 26.0 Å². The molecule has 0 aliphatic heterocycles. The number of likely N-dealkylation sites (N-methyl/N-ethyl adjacent to an activating group) is 1. The summed E-state index contributed by atoms with van der Waals surface area (Å²) in [6, 6.07) is 7.70. The first kappa shape index (κ1) is 13.5. The van der Waals surface area contributed by atoms with Crippen LogP contribution in [-0.2, 0) is 0 Å². The molecule has 102 valence electrons. The van der Waals surface area contributed by atoms with Gasteiger partial charge in [0.2, 0.25) is 5.95 Å². The quantitative estimate of drug-likeness (QED) is 0.565. The summed E-state index contributed by atoms with van der Waals surface area (Å²) in [7, 11) is 1.88. The van der Waals surface area contributed by atoms with E-state index < -0.39 is 5.60 Å². The summed E-state index contributed by atoms with van der Waals surface area (Å²) in [6.07, 6.45) is 0. The lowest BCUT2D eigenvalue weighted by Crippen LogP contribution is -2.36. The second-order valence-corrected chi connectivity index (χ2v) is 5.20. The van der Waals surface area contributed by atoms with Crippen molar-refractivity contribution in [3.63, 3.8) is 0 Å². The van der Waals surface area contributed by atoms with E-state index in [9.17, 15) is 5.11 Å². The first-order valence-corrected chi connectivity index (χ1v) is 6.07. The van der Waals surface area contributed by atoms with Crippen LogP contribution < -0.4 is 16.2 Å². The highest BCUT2D eigenvalue weighted by Gasteiger charge is 2.19. The number of aliphatic hydroxyl groups is 1. The van der Waals surface area contributed by atoms with Gasteiger partial charge in [-0.3, -0.25) is 5.43 Å². The molecule has 6 nitrogen and oxygen atoms in total. The van der Waals surface area contributed by atoms with Crippen molar-refractivity contribution in [1.82, 2.24) is 9.97 Å². The van der Waals surface area contributed by atoms with Gasteiger partial charge in [0, 0.05) is 19.0 Å². The van der Waals surface area contributed by atoms with E-state index in [1.165, 1.54) is 0 Å². The molecule has 0 saturated heterocycles. The first-order valence-electron chi connectivity index (χ1n) is 6.07. The van der Waals surface area contributed by atoms with Gasteiger partial charge in [0.25, 0.3) is 0 Å². The van der Waals surface area contributed by atoms with E-state index in [1.54, 1.807) is 13.8 Å². The fourth-order valence-electron chi connectivity index (χ4n) is 2.07. The number of hydrazine groups is 1. The number of nitrogens with two attached hydrogens (primary N) is 1. The summed E-state index contributed by atoms with van der Waals surface area (Å²) in [5.74, 6) is 6.49. The molecule has 1 heterocycles. The number of nitrogens with one attached hydrogen (secondary N) is 1. The molecule has 0 fully saturated rings. The van der Waals surface area contributed by atoms with Crippen molar-refractivity contribution in [3.8, 4) is 0 Å². The maximum Gasteiger partial charge on any atom is 0.239 e. The zero-order valence-electron chi connectivity index (χ0n) is 11.4. The van der Waals surface area contributed by atoms with Crippen molar-refractivity contribution in [2.45, 2.75) is 19.4 Å². The summed E-state index contributed by atoms with van der Waals surface area (Å²) >= 11 is 0. The Morgan fingerprint density at radius 1 is 1.32 bits per heavy atom. The fourth-order valence-corrected chi connectivity index (χ4v) is 2.07. The number of rotatable bonds is 4. The van der Waals surface area contributed by atoms with Gasteiger partial charge >= 0.3 is 0 Å². The Balaban J connectivity index is 2.51. The molecular weight excluding hydrogens is 242 g/mol. The van der Waals surface area contributed by atoms with E-state index in [-0.39, 0.29) is 0 Å². The minimum absolute atomic E-state index is 0.358. The molecule has 19 heavy (non-hydrogen) atoms.